The quantitative estimate of drug-likeness (QED) is 0.499. The molecule has 1 atom stereocenters. The summed E-state index contributed by atoms with van der Waals surface area (Å²) in [6.07, 6.45) is -2.02. The molecule has 0 radical (unpaired) electrons. The van der Waals surface area contributed by atoms with Crippen LogP contribution < -0.4 is 4.90 Å². The van der Waals surface area contributed by atoms with Crippen molar-refractivity contribution in [1.82, 2.24) is 10.1 Å². The van der Waals surface area contributed by atoms with E-state index in [2.05, 4.69) is 10.1 Å². The molecule has 1 fully saturated rings. The maximum Gasteiger partial charge on any atom is 0.418 e. The van der Waals surface area contributed by atoms with Crippen LogP contribution in [-0.2, 0) is 12.6 Å². The van der Waals surface area contributed by atoms with E-state index >= 15 is 0 Å². The van der Waals surface area contributed by atoms with E-state index in [4.69, 9.17) is 9.63 Å². The lowest BCUT2D eigenvalue weighted by Crippen LogP contribution is -2.38. The van der Waals surface area contributed by atoms with Crippen LogP contribution >= 0.6 is 0 Å². The fraction of sp³-hybridized carbons (Fsp3) is 0.348. The van der Waals surface area contributed by atoms with Gasteiger partial charge >= 0.3 is 12.1 Å². The van der Waals surface area contributed by atoms with Crippen LogP contribution in [-0.4, -0.2) is 33.8 Å². The molecule has 1 unspecified atom stereocenters. The zero-order valence-electron chi connectivity index (χ0n) is 17.7. The van der Waals surface area contributed by atoms with Crippen LogP contribution in [0, 0.1) is 5.82 Å². The molecule has 0 saturated carbocycles. The van der Waals surface area contributed by atoms with Gasteiger partial charge in [-0.1, -0.05) is 11.2 Å². The van der Waals surface area contributed by atoms with Crippen molar-refractivity contribution in [2.24, 2.45) is 0 Å². The molecule has 1 N–H and O–H groups in total. The Bertz CT molecular complexity index is 1180. The predicted molar refractivity (Wildman–Crippen MR) is 112 cm³/mol. The Hall–Kier alpha value is -3.43. The van der Waals surface area contributed by atoms with Crippen molar-refractivity contribution < 1.29 is 32.0 Å². The SMILES string of the molecule is CC1CCCCN1c1ccc(-c2nc(Cc3ccc(C(=O)O)cc3F)no2)cc1C(F)(F)F. The number of hydrogen-bond donors (Lipinski definition) is 1. The lowest BCUT2D eigenvalue weighted by molar-refractivity contribution is -0.137. The number of piperidine rings is 1. The van der Waals surface area contributed by atoms with Gasteiger partial charge < -0.3 is 14.5 Å². The molecular weight excluding hydrogens is 442 g/mol. The summed E-state index contributed by atoms with van der Waals surface area (Å²) in [5.74, 6) is -2.06. The lowest BCUT2D eigenvalue weighted by atomic mass is 9.99. The number of hydrogen-bond acceptors (Lipinski definition) is 5. The number of carboxylic acid groups (broad SMARTS) is 1. The van der Waals surface area contributed by atoms with E-state index < -0.39 is 23.5 Å². The number of anilines is 1. The number of aromatic nitrogens is 2. The predicted octanol–water partition coefficient (Wildman–Crippen LogP) is 5.56. The molecular formula is C23H21F4N3O3. The molecule has 0 spiro atoms. The van der Waals surface area contributed by atoms with Crippen molar-refractivity contribution >= 4 is 11.7 Å². The third-order valence-corrected chi connectivity index (χ3v) is 5.78. The minimum absolute atomic E-state index is 0.00289. The van der Waals surface area contributed by atoms with E-state index in [-0.39, 0.29) is 46.6 Å². The third kappa shape index (κ3) is 4.84. The van der Waals surface area contributed by atoms with Gasteiger partial charge in [-0.25, -0.2) is 9.18 Å². The number of aromatic carboxylic acids is 1. The number of rotatable bonds is 5. The molecule has 33 heavy (non-hydrogen) atoms. The lowest BCUT2D eigenvalue weighted by Gasteiger charge is -2.37. The maximum atomic E-state index is 14.2. The Labute approximate surface area is 186 Å². The zero-order chi connectivity index (χ0) is 23.8. The van der Waals surface area contributed by atoms with Crippen LogP contribution in [0.2, 0.25) is 0 Å². The van der Waals surface area contributed by atoms with Gasteiger partial charge in [0, 0.05) is 30.3 Å². The van der Waals surface area contributed by atoms with Gasteiger partial charge in [-0.3, -0.25) is 0 Å². The number of benzene rings is 2. The van der Waals surface area contributed by atoms with Crippen LogP contribution in [0.1, 0.15) is 53.5 Å². The molecule has 1 aromatic heterocycles. The van der Waals surface area contributed by atoms with Gasteiger partial charge in [0.25, 0.3) is 5.89 Å². The molecule has 1 saturated heterocycles. The van der Waals surface area contributed by atoms with Crippen molar-refractivity contribution in [3.8, 4) is 11.5 Å². The van der Waals surface area contributed by atoms with Gasteiger partial charge in [-0.05, 0) is 62.1 Å². The summed E-state index contributed by atoms with van der Waals surface area (Å²) in [4.78, 5) is 16.8. The summed E-state index contributed by atoms with van der Waals surface area (Å²) in [6, 6.07) is 7.36. The van der Waals surface area contributed by atoms with E-state index in [0.29, 0.717) is 6.54 Å². The van der Waals surface area contributed by atoms with Gasteiger partial charge in [0.05, 0.1) is 11.1 Å². The van der Waals surface area contributed by atoms with E-state index in [1.807, 2.05) is 6.92 Å². The average Bonchev–Trinajstić information content (AvgIpc) is 3.23. The molecule has 1 aliphatic heterocycles. The van der Waals surface area contributed by atoms with Gasteiger partial charge in [-0.15, -0.1) is 0 Å². The first kappa shape index (κ1) is 22.8. The van der Waals surface area contributed by atoms with Crippen LogP contribution in [0.15, 0.2) is 40.9 Å². The Morgan fingerprint density at radius 1 is 1.21 bits per heavy atom. The summed E-state index contributed by atoms with van der Waals surface area (Å²) in [5, 5.41) is 12.7. The standard InChI is InChI=1S/C23H21F4N3O3/c1-13-4-2-3-9-30(13)19-8-7-15(10-17(19)23(25,26)27)21-28-20(29-33-21)12-14-5-6-16(22(31)32)11-18(14)24/h5-8,10-11,13H,2-4,9,12H2,1H3,(H,31,32). The zero-order valence-corrected chi connectivity index (χ0v) is 17.7. The first-order valence-corrected chi connectivity index (χ1v) is 10.5. The maximum absolute atomic E-state index is 14.2. The Balaban J connectivity index is 1.62. The highest BCUT2D eigenvalue weighted by molar-refractivity contribution is 5.87. The van der Waals surface area contributed by atoms with Crippen LogP contribution in [0.4, 0.5) is 23.2 Å². The van der Waals surface area contributed by atoms with Crippen LogP contribution in [0.25, 0.3) is 11.5 Å². The fourth-order valence-corrected chi connectivity index (χ4v) is 4.04. The largest absolute Gasteiger partial charge is 0.478 e. The average molecular weight is 463 g/mol. The fourth-order valence-electron chi connectivity index (χ4n) is 4.04. The second kappa shape index (κ2) is 8.84. The summed E-state index contributed by atoms with van der Waals surface area (Å²) >= 11 is 0. The van der Waals surface area contributed by atoms with Crippen LogP contribution in [0.3, 0.4) is 0 Å². The number of alkyl halides is 3. The normalized spacial score (nSPS) is 16.8. The Morgan fingerprint density at radius 2 is 2.00 bits per heavy atom. The molecule has 10 heteroatoms. The minimum atomic E-state index is -4.57. The van der Waals surface area contributed by atoms with Gasteiger partial charge in [0.2, 0.25) is 0 Å². The van der Waals surface area contributed by atoms with E-state index in [9.17, 15) is 22.4 Å². The summed E-state index contributed by atoms with van der Waals surface area (Å²) in [5.41, 5.74) is -0.607. The molecule has 6 nitrogen and oxygen atoms in total. The minimum Gasteiger partial charge on any atom is -0.478 e. The molecule has 174 valence electrons. The molecule has 0 aliphatic carbocycles. The highest BCUT2D eigenvalue weighted by atomic mass is 19.4. The highest BCUT2D eigenvalue weighted by Gasteiger charge is 2.37. The second-order valence-corrected chi connectivity index (χ2v) is 8.07. The van der Waals surface area contributed by atoms with Gasteiger partial charge in [-0.2, -0.15) is 18.2 Å². The molecule has 3 aromatic rings. The molecule has 2 heterocycles. The van der Waals surface area contributed by atoms with Crippen molar-refractivity contribution in [1.29, 1.82) is 0 Å². The summed E-state index contributed by atoms with van der Waals surface area (Å²) in [7, 11) is 0. The van der Waals surface area contributed by atoms with Crippen molar-refractivity contribution in [2.45, 2.75) is 44.8 Å². The molecule has 1 aliphatic rings. The Morgan fingerprint density at radius 3 is 2.67 bits per heavy atom. The van der Waals surface area contributed by atoms with Crippen molar-refractivity contribution in [2.75, 3.05) is 11.4 Å². The van der Waals surface area contributed by atoms with Crippen molar-refractivity contribution in [3.63, 3.8) is 0 Å². The van der Waals surface area contributed by atoms with Gasteiger partial charge in [0.15, 0.2) is 5.82 Å². The smallest absolute Gasteiger partial charge is 0.418 e. The molecule has 2 aromatic carbocycles. The molecule has 0 bridgehead atoms. The molecule has 4 rings (SSSR count). The number of halogens is 4. The number of carboxylic acids is 1. The first-order chi connectivity index (χ1) is 15.6. The third-order valence-electron chi connectivity index (χ3n) is 5.78. The second-order valence-electron chi connectivity index (χ2n) is 8.07. The highest BCUT2D eigenvalue weighted by Crippen LogP contribution is 2.40. The summed E-state index contributed by atoms with van der Waals surface area (Å²) in [6.45, 7) is 2.47. The first-order valence-electron chi connectivity index (χ1n) is 10.5. The number of nitrogens with zero attached hydrogens (tertiary/aromatic N) is 3. The summed E-state index contributed by atoms with van der Waals surface area (Å²) < 4.78 is 61.0. The monoisotopic (exact) mass is 463 g/mol. The van der Waals surface area contributed by atoms with E-state index in [0.717, 1.165) is 31.4 Å². The molecule has 0 amide bonds. The van der Waals surface area contributed by atoms with Crippen LogP contribution in [0.5, 0.6) is 0 Å². The number of carbonyl (C=O) groups is 1. The van der Waals surface area contributed by atoms with Crippen molar-refractivity contribution in [3.05, 3.63) is 64.7 Å². The van der Waals surface area contributed by atoms with E-state index in [1.165, 1.54) is 24.3 Å². The Kier molecular flexibility index (Phi) is 6.09. The topological polar surface area (TPSA) is 79.5 Å². The van der Waals surface area contributed by atoms with E-state index in [1.54, 1.807) is 4.90 Å². The van der Waals surface area contributed by atoms with Gasteiger partial charge in [0.1, 0.15) is 5.82 Å².